The Bertz CT molecular complexity index is 1380. The van der Waals surface area contributed by atoms with Crippen LogP contribution >= 0.6 is 11.9 Å². The highest BCUT2D eigenvalue weighted by atomic mass is 32.2. The summed E-state index contributed by atoms with van der Waals surface area (Å²) < 4.78 is 35.4. The molecule has 2 bridgehead atoms. The lowest BCUT2D eigenvalue weighted by Crippen LogP contribution is -2.65. The van der Waals surface area contributed by atoms with Crippen LogP contribution in [0.3, 0.4) is 0 Å². The molecule has 3 aliphatic heterocycles. The van der Waals surface area contributed by atoms with Crippen molar-refractivity contribution in [1.29, 1.82) is 1.34 Å². The molecule has 0 saturated carbocycles. The minimum atomic E-state index is -1.09. The second kappa shape index (κ2) is 9.20. The van der Waals surface area contributed by atoms with E-state index in [9.17, 15) is 14.7 Å². The van der Waals surface area contributed by atoms with Gasteiger partial charge in [0.25, 0.3) is 0 Å². The molecule has 2 aromatic rings. The highest BCUT2D eigenvalue weighted by Crippen LogP contribution is 2.69. The minimum Gasteiger partial charge on any atom is -0.507 e. The molecule has 3 heterocycles. The Hall–Kier alpha value is -3.25. The monoisotopic (exact) mass is 543 g/mol. The summed E-state index contributed by atoms with van der Waals surface area (Å²) in [5, 5.41) is 14.2. The van der Waals surface area contributed by atoms with Gasteiger partial charge in [-0.05, 0) is 57.7 Å². The molecule has 2 aromatic carbocycles. The van der Waals surface area contributed by atoms with Crippen LogP contribution < -0.4 is 23.7 Å². The predicted molar refractivity (Wildman–Crippen MR) is 141 cm³/mol. The maximum atomic E-state index is 14.1. The van der Waals surface area contributed by atoms with Crippen molar-refractivity contribution < 1.29 is 37.8 Å². The number of hydrogen-bond donors (Lipinski definition) is 2. The first-order valence-electron chi connectivity index (χ1n) is 12.4. The van der Waals surface area contributed by atoms with Crippen LogP contribution in [-0.2, 0) is 26.3 Å². The van der Waals surface area contributed by atoms with E-state index in [2.05, 4.69) is 5.32 Å². The van der Waals surface area contributed by atoms with Crippen LogP contribution in [0.25, 0.3) is 0 Å². The van der Waals surface area contributed by atoms with E-state index in [4.69, 9.17) is 24.5 Å². The van der Waals surface area contributed by atoms with Crippen molar-refractivity contribution in [3.8, 4) is 28.7 Å². The molecule has 1 radical (unpaired) electrons. The Morgan fingerprint density at radius 2 is 2.16 bits per heavy atom. The molecule has 2 fully saturated rings. The first kappa shape index (κ1) is 25.1. The first-order valence-corrected chi connectivity index (χ1v) is 12.7. The number of carbonyl (C=O) groups is 2. The number of rotatable bonds is 8. The van der Waals surface area contributed by atoms with Gasteiger partial charge in [0, 0.05) is 23.1 Å². The van der Waals surface area contributed by atoms with Crippen LogP contribution in [0.2, 0.25) is 0 Å². The van der Waals surface area contributed by atoms with Crippen LogP contribution in [0.15, 0.2) is 12.1 Å². The Labute approximate surface area is 227 Å². The molecule has 1 aliphatic carbocycles. The molecule has 4 aliphatic rings. The number of hydrogen-bond acceptors (Lipinski definition) is 10. The first-order chi connectivity index (χ1) is 18.3. The van der Waals surface area contributed by atoms with Gasteiger partial charge in [-0.25, -0.2) is 4.79 Å². The van der Waals surface area contributed by atoms with Crippen LogP contribution in [0.4, 0.5) is 0 Å². The van der Waals surface area contributed by atoms with Gasteiger partial charge >= 0.3 is 5.97 Å². The lowest BCUT2D eigenvalue weighted by Gasteiger charge is -2.48. The Morgan fingerprint density at radius 3 is 2.84 bits per heavy atom. The quantitative estimate of drug-likeness (QED) is 0.292. The number of benzene rings is 2. The molecule has 10 nitrogen and oxygen atoms in total. The Morgan fingerprint density at radius 1 is 1.39 bits per heavy atom. The molecule has 38 heavy (non-hydrogen) atoms. The molecule has 1 amide bonds. The fraction of sp³-hybridized carbons (Fsp3) is 0.462. The second-order valence-corrected chi connectivity index (χ2v) is 10.0. The lowest BCUT2D eigenvalue weighted by atomic mass is 9.80. The second-order valence-electron chi connectivity index (χ2n) is 9.67. The summed E-state index contributed by atoms with van der Waals surface area (Å²) >= 11 is 0.858. The van der Waals surface area contributed by atoms with Gasteiger partial charge in [0.1, 0.15) is 5.75 Å². The van der Waals surface area contributed by atoms with Gasteiger partial charge in [0.15, 0.2) is 34.6 Å². The number of aromatic hydroxyl groups is 1. The summed E-state index contributed by atoms with van der Waals surface area (Å²) in [6.45, 7) is 3.62. The van der Waals surface area contributed by atoms with Crippen LogP contribution in [0.1, 0.15) is 47.7 Å². The Balaban J connectivity index is 0.00000308. The van der Waals surface area contributed by atoms with Gasteiger partial charge in [-0.1, -0.05) is 13.5 Å². The van der Waals surface area contributed by atoms with Gasteiger partial charge in [-0.3, -0.25) is 4.79 Å². The third kappa shape index (κ3) is 3.32. The summed E-state index contributed by atoms with van der Waals surface area (Å²) in [5.74, 6) is 1.22. The van der Waals surface area contributed by atoms with Crippen LogP contribution in [-0.4, -0.2) is 63.3 Å². The van der Waals surface area contributed by atoms with E-state index in [-0.39, 0.29) is 25.9 Å². The van der Waals surface area contributed by atoms with Gasteiger partial charge in [-0.2, -0.15) is 0 Å². The number of phenols is 1. The van der Waals surface area contributed by atoms with E-state index >= 15 is 0 Å². The van der Waals surface area contributed by atoms with Crippen molar-refractivity contribution in [2.24, 2.45) is 0 Å². The number of nitrogens with zero attached hydrogens (tertiary/aromatic N) is 1. The Kier molecular flexibility index (Phi) is 6.06. The van der Waals surface area contributed by atoms with Crippen molar-refractivity contribution in [2.75, 3.05) is 21.0 Å². The van der Waals surface area contributed by atoms with Crippen molar-refractivity contribution in [1.82, 2.24) is 10.2 Å². The lowest BCUT2D eigenvalue weighted by molar-refractivity contribution is -0.209. The van der Waals surface area contributed by atoms with E-state index < -0.39 is 29.7 Å². The van der Waals surface area contributed by atoms with Crippen LogP contribution in [0, 0.1) is 13.8 Å². The number of carbonyl (C=O) groups excluding carboxylic acids is 2. The number of nitrogens with one attached hydrogen (secondary N) is 1. The van der Waals surface area contributed by atoms with E-state index in [1.54, 1.807) is 32.0 Å². The average Bonchev–Trinajstić information content (AvgIpc) is 3.58. The van der Waals surface area contributed by atoms with E-state index in [1.165, 1.54) is 0 Å². The zero-order chi connectivity index (χ0) is 26.9. The molecule has 2 N–H and O–H groups in total. The fourth-order valence-corrected chi connectivity index (χ4v) is 6.59. The number of amides is 1. The molecular formula is C26H30BN2O8S. The highest BCUT2D eigenvalue weighted by molar-refractivity contribution is 8.16. The van der Waals surface area contributed by atoms with Crippen molar-refractivity contribution in [3.05, 3.63) is 39.9 Å². The maximum absolute atomic E-state index is 14.1. The number of likely N-dealkylation sites (N-methyl/N-ethyl adjacent to an activating group) is 1. The maximum Gasteiger partial charge on any atom is 0.334 e. The van der Waals surface area contributed by atoms with Gasteiger partial charge in [0.2, 0.25) is 19.8 Å². The van der Waals surface area contributed by atoms with Crippen molar-refractivity contribution >= 4 is 30.9 Å². The topological polar surface area (TPSA) is 116 Å². The molecule has 201 valence electrons. The normalized spacial score (nSPS) is 24.4. The van der Waals surface area contributed by atoms with Crippen molar-refractivity contribution in [3.63, 3.8) is 0 Å². The summed E-state index contributed by atoms with van der Waals surface area (Å²) in [6.07, 6.45) is 0.668. The third-order valence-electron chi connectivity index (χ3n) is 7.86. The summed E-state index contributed by atoms with van der Waals surface area (Å²) in [5.41, 5.74) is 2.24. The number of aryl methyl sites for hydroxylation is 1. The third-order valence-corrected chi connectivity index (χ3v) is 8.13. The predicted octanol–water partition coefficient (Wildman–Crippen LogP) is 2.46. The SMILES string of the molecule is C.[3H][B]SOc1cc(C[C@H](NC)C(=O)N2[C@H]3CC4(OC(=O)[C@@H]24)c2c(O)c(C)c4c(c23)OCO4)cc(C)c1OC. The summed E-state index contributed by atoms with van der Waals surface area (Å²) in [7, 11) is 4.31. The number of fused-ring (bicyclic) bond motifs is 5. The molecule has 0 aromatic heterocycles. The molecule has 6 rings (SSSR count). The zero-order valence-corrected chi connectivity index (χ0v) is 21.6. The van der Waals surface area contributed by atoms with Gasteiger partial charge in [-0.15, -0.1) is 0 Å². The molecule has 12 heteroatoms. The smallest absolute Gasteiger partial charge is 0.334 e. The average molecular weight is 543 g/mol. The number of ether oxygens (including phenoxy) is 4. The number of esters is 1. The van der Waals surface area contributed by atoms with Gasteiger partial charge in [0.05, 0.1) is 19.2 Å². The molecular weight excluding hydrogens is 511 g/mol. The van der Waals surface area contributed by atoms with Crippen molar-refractivity contribution in [2.45, 2.75) is 57.8 Å². The standard InChI is InChI=1S/C25H26BN2O8S.CH4/c1-10-5-12(7-15(36-37-26)19(10)32-4)6-13(27-3)23(30)28-14-8-25(22(28)24(31)35-25)17-16(14)21-20(33-9-34-21)11(2)18(17)29;/h5,7,13-14,22,26-27,29H,6,8-9H2,1-4H3;1H4/t13-,14-,22+,25?;/m0./s1/i26T;. The number of methoxy groups -OCH3 is 1. The fourth-order valence-electron chi connectivity index (χ4n) is 6.37. The molecule has 4 atom stereocenters. The van der Waals surface area contributed by atoms with E-state index in [0.29, 0.717) is 52.5 Å². The summed E-state index contributed by atoms with van der Waals surface area (Å²) in [4.78, 5) is 28.4. The van der Waals surface area contributed by atoms with E-state index in [1.807, 2.05) is 13.0 Å². The minimum absolute atomic E-state index is 0. The number of likely N-dealkylation sites (tertiary alicyclic amines) is 1. The molecule has 1 unspecified atom stereocenters. The largest absolute Gasteiger partial charge is 0.507 e. The van der Waals surface area contributed by atoms with Crippen LogP contribution in [0.5, 0.6) is 28.7 Å². The molecule has 1 spiro atoms. The number of phenolic OH excluding ortho intramolecular Hbond substituents is 1. The highest BCUT2D eigenvalue weighted by Gasteiger charge is 2.75. The summed E-state index contributed by atoms with van der Waals surface area (Å²) in [6, 6.07) is 1.70. The van der Waals surface area contributed by atoms with Gasteiger partial charge < -0.3 is 38.5 Å². The zero-order valence-electron chi connectivity index (χ0n) is 21.7. The van der Waals surface area contributed by atoms with E-state index in [0.717, 1.165) is 30.1 Å². The molecule has 2 saturated heterocycles.